The quantitative estimate of drug-likeness (QED) is 0.813. The molecular formula is C20H29N3O4S. The maximum absolute atomic E-state index is 12.7. The number of anilines is 1. The van der Waals surface area contributed by atoms with E-state index in [1.807, 2.05) is 0 Å². The van der Waals surface area contributed by atoms with Crippen molar-refractivity contribution in [1.29, 1.82) is 0 Å². The number of carbonyl (C=O) groups excluding carboxylic acids is 2. The van der Waals surface area contributed by atoms with Gasteiger partial charge in [-0.15, -0.1) is 0 Å². The predicted molar refractivity (Wildman–Crippen MR) is 107 cm³/mol. The van der Waals surface area contributed by atoms with Crippen LogP contribution in [0.5, 0.6) is 0 Å². The molecule has 2 amide bonds. The summed E-state index contributed by atoms with van der Waals surface area (Å²) in [5, 5.41) is 2.76. The molecule has 154 valence electrons. The van der Waals surface area contributed by atoms with Gasteiger partial charge in [0.25, 0.3) is 0 Å². The minimum absolute atomic E-state index is 0.0258. The van der Waals surface area contributed by atoms with Crippen molar-refractivity contribution in [2.45, 2.75) is 56.3 Å². The molecule has 2 aliphatic rings. The number of benzene rings is 1. The molecule has 2 heterocycles. The zero-order chi connectivity index (χ0) is 20.0. The first kappa shape index (κ1) is 20.8. The summed E-state index contributed by atoms with van der Waals surface area (Å²) in [6.07, 6.45) is 7.29. The van der Waals surface area contributed by atoms with Gasteiger partial charge in [-0.25, -0.2) is 8.42 Å². The molecule has 0 spiro atoms. The molecule has 0 atom stereocenters. The average Bonchev–Trinajstić information content (AvgIpc) is 2.69. The average molecular weight is 408 g/mol. The molecule has 2 fully saturated rings. The Morgan fingerprint density at radius 3 is 2.21 bits per heavy atom. The summed E-state index contributed by atoms with van der Waals surface area (Å²) in [5.41, 5.74) is 0.530. The van der Waals surface area contributed by atoms with Crippen LogP contribution in [0, 0.1) is 0 Å². The summed E-state index contributed by atoms with van der Waals surface area (Å²) >= 11 is 0. The van der Waals surface area contributed by atoms with Gasteiger partial charge in [0, 0.05) is 31.7 Å². The van der Waals surface area contributed by atoms with Crippen LogP contribution in [-0.4, -0.2) is 55.6 Å². The SMILES string of the molecule is O=C(CN1CCCCCCC1=O)Nc1ccc(S(=O)(=O)N2CCCCC2)cc1. The van der Waals surface area contributed by atoms with Crippen molar-refractivity contribution in [2.24, 2.45) is 0 Å². The van der Waals surface area contributed by atoms with Crippen LogP contribution in [0.3, 0.4) is 0 Å². The lowest BCUT2D eigenvalue weighted by molar-refractivity contribution is -0.135. The van der Waals surface area contributed by atoms with Crippen LogP contribution in [0.2, 0.25) is 0 Å². The fourth-order valence-electron chi connectivity index (χ4n) is 3.72. The number of carbonyl (C=O) groups is 2. The zero-order valence-corrected chi connectivity index (χ0v) is 17.0. The predicted octanol–water partition coefficient (Wildman–Crippen LogP) is 2.59. The van der Waals surface area contributed by atoms with E-state index in [1.165, 1.54) is 16.4 Å². The second-order valence-corrected chi connectivity index (χ2v) is 9.45. The fourth-order valence-corrected chi connectivity index (χ4v) is 5.24. The Bertz CT molecular complexity index is 786. The van der Waals surface area contributed by atoms with Crippen molar-refractivity contribution < 1.29 is 18.0 Å². The Morgan fingerprint density at radius 1 is 0.893 bits per heavy atom. The third kappa shape index (κ3) is 5.32. The topological polar surface area (TPSA) is 86.8 Å². The van der Waals surface area contributed by atoms with Crippen LogP contribution in [0.15, 0.2) is 29.2 Å². The van der Waals surface area contributed by atoms with Crippen LogP contribution in [0.25, 0.3) is 0 Å². The Labute approximate surface area is 167 Å². The highest BCUT2D eigenvalue weighted by atomic mass is 32.2. The Hall–Kier alpha value is -1.93. The van der Waals surface area contributed by atoms with E-state index in [4.69, 9.17) is 0 Å². The van der Waals surface area contributed by atoms with Gasteiger partial charge in [-0.1, -0.05) is 19.3 Å². The lowest BCUT2D eigenvalue weighted by Crippen LogP contribution is -2.39. The number of hydrogen-bond acceptors (Lipinski definition) is 4. The Morgan fingerprint density at radius 2 is 1.50 bits per heavy atom. The third-order valence-corrected chi connectivity index (χ3v) is 7.26. The third-order valence-electron chi connectivity index (χ3n) is 5.35. The van der Waals surface area contributed by atoms with Gasteiger partial charge in [0.2, 0.25) is 21.8 Å². The maximum atomic E-state index is 12.7. The summed E-state index contributed by atoms with van der Waals surface area (Å²) in [7, 11) is -3.48. The van der Waals surface area contributed by atoms with Crippen LogP contribution < -0.4 is 5.32 Å². The molecule has 1 aromatic rings. The van der Waals surface area contributed by atoms with E-state index in [0.717, 1.165) is 44.9 Å². The summed E-state index contributed by atoms with van der Waals surface area (Å²) < 4.78 is 26.9. The molecule has 1 aromatic carbocycles. The molecule has 0 bridgehead atoms. The maximum Gasteiger partial charge on any atom is 0.243 e. The van der Waals surface area contributed by atoms with Crippen molar-refractivity contribution in [1.82, 2.24) is 9.21 Å². The lowest BCUT2D eigenvalue weighted by atomic mass is 10.1. The van der Waals surface area contributed by atoms with Crippen molar-refractivity contribution in [3.05, 3.63) is 24.3 Å². The van der Waals surface area contributed by atoms with Gasteiger partial charge >= 0.3 is 0 Å². The number of amides is 2. The molecule has 2 aliphatic heterocycles. The van der Waals surface area contributed by atoms with E-state index in [-0.39, 0.29) is 23.3 Å². The normalized spacial score (nSPS) is 19.7. The van der Waals surface area contributed by atoms with Crippen molar-refractivity contribution in [3.63, 3.8) is 0 Å². The van der Waals surface area contributed by atoms with E-state index < -0.39 is 10.0 Å². The van der Waals surface area contributed by atoms with Crippen molar-refractivity contribution >= 4 is 27.5 Å². The van der Waals surface area contributed by atoms with Gasteiger partial charge in [0.15, 0.2) is 0 Å². The number of sulfonamides is 1. The van der Waals surface area contributed by atoms with Crippen LogP contribution in [0.4, 0.5) is 5.69 Å². The van der Waals surface area contributed by atoms with E-state index in [1.54, 1.807) is 17.0 Å². The fraction of sp³-hybridized carbons (Fsp3) is 0.600. The first-order valence-corrected chi connectivity index (χ1v) is 11.6. The summed E-state index contributed by atoms with van der Waals surface area (Å²) in [5.74, 6) is -0.238. The zero-order valence-electron chi connectivity index (χ0n) is 16.2. The molecule has 8 heteroatoms. The molecule has 3 rings (SSSR count). The van der Waals surface area contributed by atoms with E-state index in [9.17, 15) is 18.0 Å². The summed E-state index contributed by atoms with van der Waals surface area (Å²) in [4.78, 5) is 26.3. The minimum atomic E-state index is -3.48. The first-order chi connectivity index (χ1) is 13.5. The summed E-state index contributed by atoms with van der Waals surface area (Å²) in [6, 6.07) is 6.26. The van der Waals surface area contributed by atoms with Gasteiger partial charge in [-0.2, -0.15) is 4.31 Å². The highest BCUT2D eigenvalue weighted by Crippen LogP contribution is 2.22. The monoisotopic (exact) mass is 407 g/mol. The Balaban J connectivity index is 1.58. The molecular weight excluding hydrogens is 378 g/mol. The van der Waals surface area contributed by atoms with Gasteiger partial charge in [-0.05, 0) is 49.9 Å². The molecule has 1 N–H and O–H groups in total. The minimum Gasteiger partial charge on any atom is -0.333 e. The Kier molecular flexibility index (Phi) is 7.07. The molecule has 0 aliphatic carbocycles. The van der Waals surface area contributed by atoms with Gasteiger partial charge in [0.05, 0.1) is 11.4 Å². The van der Waals surface area contributed by atoms with Crippen LogP contribution >= 0.6 is 0 Å². The highest BCUT2D eigenvalue weighted by molar-refractivity contribution is 7.89. The number of nitrogens with zero attached hydrogens (tertiary/aromatic N) is 2. The van der Waals surface area contributed by atoms with Crippen LogP contribution in [0.1, 0.15) is 51.4 Å². The molecule has 28 heavy (non-hydrogen) atoms. The largest absolute Gasteiger partial charge is 0.333 e. The molecule has 2 saturated heterocycles. The molecule has 7 nitrogen and oxygen atoms in total. The van der Waals surface area contributed by atoms with E-state index in [0.29, 0.717) is 31.7 Å². The molecule has 0 saturated carbocycles. The number of hydrogen-bond donors (Lipinski definition) is 1. The number of likely N-dealkylation sites (tertiary alicyclic amines) is 1. The second-order valence-electron chi connectivity index (χ2n) is 7.52. The van der Waals surface area contributed by atoms with Gasteiger partial charge in [0.1, 0.15) is 0 Å². The molecule has 0 unspecified atom stereocenters. The molecule has 0 radical (unpaired) electrons. The highest BCUT2D eigenvalue weighted by Gasteiger charge is 2.26. The number of piperidine rings is 1. The second kappa shape index (κ2) is 9.52. The van der Waals surface area contributed by atoms with Crippen molar-refractivity contribution in [3.8, 4) is 0 Å². The van der Waals surface area contributed by atoms with E-state index in [2.05, 4.69) is 5.32 Å². The smallest absolute Gasteiger partial charge is 0.243 e. The van der Waals surface area contributed by atoms with Crippen molar-refractivity contribution in [2.75, 3.05) is 31.5 Å². The van der Waals surface area contributed by atoms with Crippen LogP contribution in [-0.2, 0) is 19.6 Å². The summed E-state index contributed by atoms with van der Waals surface area (Å²) in [6.45, 7) is 1.77. The number of rotatable bonds is 5. The van der Waals surface area contributed by atoms with E-state index >= 15 is 0 Å². The standard InChI is InChI=1S/C20H29N3O4S/c24-19(16-22-13-5-2-1-4-8-20(22)25)21-17-9-11-18(12-10-17)28(26,27)23-14-6-3-7-15-23/h9-12H,1-8,13-16H2,(H,21,24). The lowest BCUT2D eigenvalue weighted by Gasteiger charge is -2.26. The van der Waals surface area contributed by atoms with Gasteiger partial charge < -0.3 is 10.2 Å². The number of nitrogens with one attached hydrogen (secondary N) is 1. The first-order valence-electron chi connectivity index (χ1n) is 10.1. The molecule has 0 aromatic heterocycles. The van der Waals surface area contributed by atoms with Gasteiger partial charge in [-0.3, -0.25) is 9.59 Å².